The van der Waals surface area contributed by atoms with E-state index in [2.05, 4.69) is 15.4 Å². The second-order valence-electron chi connectivity index (χ2n) is 4.12. The van der Waals surface area contributed by atoms with Crippen LogP contribution in [0.2, 0.25) is 0 Å². The van der Waals surface area contributed by atoms with E-state index in [0.29, 0.717) is 31.1 Å². The number of nitrogens with one attached hydrogen (secondary N) is 1. The van der Waals surface area contributed by atoms with Gasteiger partial charge >= 0.3 is 0 Å². The van der Waals surface area contributed by atoms with Gasteiger partial charge in [0.15, 0.2) is 5.82 Å². The number of nitrogens with zero attached hydrogens (tertiary/aromatic N) is 3. The Labute approximate surface area is 111 Å². The van der Waals surface area contributed by atoms with Crippen molar-refractivity contribution in [2.24, 2.45) is 0 Å². The highest BCUT2D eigenvalue weighted by atomic mass is 19.1. The Balaban J connectivity index is 1.89. The second-order valence-corrected chi connectivity index (χ2v) is 4.12. The van der Waals surface area contributed by atoms with Gasteiger partial charge in [-0.05, 0) is 6.07 Å². The predicted molar refractivity (Wildman–Crippen MR) is 69.1 cm³/mol. The van der Waals surface area contributed by atoms with Crippen LogP contribution in [0.1, 0.15) is 11.4 Å². The third kappa shape index (κ3) is 4.11. The number of hydrogen-bond acceptors (Lipinski definition) is 4. The molecule has 0 radical (unpaired) electrons. The van der Waals surface area contributed by atoms with Crippen molar-refractivity contribution >= 4 is 0 Å². The Bertz CT molecular complexity index is 515. The van der Waals surface area contributed by atoms with E-state index in [0.717, 1.165) is 6.54 Å². The molecular weight excluding hydrogens is 247 g/mol. The summed E-state index contributed by atoms with van der Waals surface area (Å²) in [5.74, 6) is 0.463. The van der Waals surface area contributed by atoms with Crippen molar-refractivity contribution < 1.29 is 9.13 Å². The van der Waals surface area contributed by atoms with Gasteiger partial charge in [-0.15, -0.1) is 0 Å². The molecule has 0 saturated carbocycles. The standard InChI is InChI=1S/C13H17FN4O/c1-19-7-6-15-8-13-16-10-18(17-13)9-11-4-2-3-5-12(11)14/h2-5,10,15H,6-9H2,1H3. The molecule has 0 fully saturated rings. The van der Waals surface area contributed by atoms with Crippen LogP contribution >= 0.6 is 0 Å². The van der Waals surface area contributed by atoms with Crippen LogP contribution in [0.5, 0.6) is 0 Å². The van der Waals surface area contributed by atoms with Crippen LogP contribution in [0.15, 0.2) is 30.6 Å². The summed E-state index contributed by atoms with van der Waals surface area (Å²) in [5, 5.41) is 7.43. The van der Waals surface area contributed by atoms with Gasteiger partial charge in [0.05, 0.1) is 19.7 Å². The number of benzene rings is 1. The molecule has 1 aromatic carbocycles. The second kappa shape index (κ2) is 6.96. The van der Waals surface area contributed by atoms with Crippen LogP contribution in [-0.2, 0) is 17.8 Å². The fourth-order valence-corrected chi connectivity index (χ4v) is 1.67. The summed E-state index contributed by atoms with van der Waals surface area (Å²) in [7, 11) is 1.66. The summed E-state index contributed by atoms with van der Waals surface area (Å²) in [5.41, 5.74) is 0.603. The number of ether oxygens (including phenoxy) is 1. The zero-order valence-corrected chi connectivity index (χ0v) is 10.8. The minimum absolute atomic E-state index is 0.224. The van der Waals surface area contributed by atoms with Gasteiger partial charge in [0.2, 0.25) is 0 Å². The maximum absolute atomic E-state index is 13.5. The van der Waals surface area contributed by atoms with E-state index in [-0.39, 0.29) is 5.82 Å². The quantitative estimate of drug-likeness (QED) is 0.764. The van der Waals surface area contributed by atoms with E-state index >= 15 is 0 Å². The van der Waals surface area contributed by atoms with Crippen molar-refractivity contribution in [3.8, 4) is 0 Å². The Morgan fingerprint density at radius 3 is 3.00 bits per heavy atom. The Kier molecular flexibility index (Phi) is 5.00. The molecule has 5 nitrogen and oxygen atoms in total. The average molecular weight is 264 g/mol. The van der Waals surface area contributed by atoms with Crippen LogP contribution in [0.4, 0.5) is 4.39 Å². The molecule has 0 saturated heterocycles. The van der Waals surface area contributed by atoms with Crippen molar-refractivity contribution in [1.82, 2.24) is 20.1 Å². The maximum atomic E-state index is 13.5. The van der Waals surface area contributed by atoms with Crippen molar-refractivity contribution in [2.45, 2.75) is 13.1 Å². The summed E-state index contributed by atoms with van der Waals surface area (Å²) in [6, 6.07) is 6.67. The number of halogens is 1. The topological polar surface area (TPSA) is 52.0 Å². The number of hydrogen-bond donors (Lipinski definition) is 1. The summed E-state index contributed by atoms with van der Waals surface area (Å²) in [6.07, 6.45) is 1.61. The van der Waals surface area contributed by atoms with Crippen LogP contribution < -0.4 is 5.32 Å². The molecule has 0 aliphatic rings. The zero-order valence-electron chi connectivity index (χ0n) is 10.8. The van der Waals surface area contributed by atoms with E-state index in [4.69, 9.17) is 4.74 Å². The van der Waals surface area contributed by atoms with E-state index in [9.17, 15) is 4.39 Å². The maximum Gasteiger partial charge on any atom is 0.164 e. The predicted octanol–water partition coefficient (Wildman–Crippen LogP) is 1.20. The highest BCUT2D eigenvalue weighted by Crippen LogP contribution is 2.07. The van der Waals surface area contributed by atoms with Crippen molar-refractivity contribution in [1.29, 1.82) is 0 Å². The molecule has 1 aromatic heterocycles. The Morgan fingerprint density at radius 1 is 1.37 bits per heavy atom. The van der Waals surface area contributed by atoms with Gasteiger partial charge in [0, 0.05) is 19.2 Å². The molecule has 0 aliphatic carbocycles. The normalized spacial score (nSPS) is 10.8. The molecule has 6 heteroatoms. The van der Waals surface area contributed by atoms with Gasteiger partial charge in [-0.3, -0.25) is 0 Å². The molecule has 0 spiro atoms. The van der Waals surface area contributed by atoms with E-state index in [1.165, 1.54) is 6.07 Å². The first-order valence-corrected chi connectivity index (χ1v) is 6.11. The SMILES string of the molecule is COCCNCc1ncn(Cc2ccccc2F)n1. The summed E-state index contributed by atoms with van der Waals surface area (Å²) in [6.45, 7) is 2.36. The molecule has 0 bridgehead atoms. The fraction of sp³-hybridized carbons (Fsp3) is 0.385. The van der Waals surface area contributed by atoms with Crippen LogP contribution in [0.3, 0.4) is 0 Å². The number of aromatic nitrogens is 3. The lowest BCUT2D eigenvalue weighted by Crippen LogP contribution is -2.19. The largest absolute Gasteiger partial charge is 0.383 e. The first kappa shape index (κ1) is 13.6. The Morgan fingerprint density at radius 2 is 2.21 bits per heavy atom. The summed E-state index contributed by atoms with van der Waals surface area (Å²) >= 11 is 0. The minimum Gasteiger partial charge on any atom is -0.383 e. The molecule has 2 aromatic rings. The lowest BCUT2D eigenvalue weighted by atomic mass is 10.2. The first-order valence-electron chi connectivity index (χ1n) is 6.11. The average Bonchev–Trinajstić information content (AvgIpc) is 2.85. The Hall–Kier alpha value is -1.79. The third-order valence-corrected chi connectivity index (χ3v) is 2.64. The highest BCUT2D eigenvalue weighted by Gasteiger charge is 2.04. The lowest BCUT2D eigenvalue weighted by molar-refractivity contribution is 0.199. The van der Waals surface area contributed by atoms with Crippen molar-refractivity contribution in [3.63, 3.8) is 0 Å². The molecule has 2 rings (SSSR count). The number of methoxy groups -OCH3 is 1. The molecule has 1 N–H and O–H groups in total. The van der Waals surface area contributed by atoms with Crippen LogP contribution in [0.25, 0.3) is 0 Å². The molecule has 19 heavy (non-hydrogen) atoms. The molecular formula is C13H17FN4O. The molecule has 0 unspecified atom stereocenters. The van der Waals surface area contributed by atoms with Crippen molar-refractivity contribution in [3.05, 3.63) is 47.8 Å². The molecule has 1 heterocycles. The molecule has 0 atom stereocenters. The molecule has 102 valence electrons. The van der Waals surface area contributed by atoms with E-state index in [1.807, 2.05) is 6.07 Å². The van der Waals surface area contributed by atoms with E-state index < -0.39 is 0 Å². The molecule has 0 amide bonds. The monoisotopic (exact) mass is 264 g/mol. The van der Waals surface area contributed by atoms with Crippen LogP contribution in [0, 0.1) is 5.82 Å². The van der Waals surface area contributed by atoms with Gasteiger partial charge in [-0.25, -0.2) is 14.1 Å². The highest BCUT2D eigenvalue weighted by molar-refractivity contribution is 5.17. The van der Waals surface area contributed by atoms with E-state index in [1.54, 1.807) is 30.3 Å². The van der Waals surface area contributed by atoms with Gasteiger partial charge in [0.25, 0.3) is 0 Å². The zero-order chi connectivity index (χ0) is 13.5. The third-order valence-electron chi connectivity index (χ3n) is 2.64. The minimum atomic E-state index is -0.224. The summed E-state index contributed by atoms with van der Waals surface area (Å²) < 4.78 is 20.0. The summed E-state index contributed by atoms with van der Waals surface area (Å²) in [4.78, 5) is 4.17. The van der Waals surface area contributed by atoms with Gasteiger partial charge < -0.3 is 10.1 Å². The molecule has 0 aliphatic heterocycles. The van der Waals surface area contributed by atoms with Gasteiger partial charge in [-0.1, -0.05) is 18.2 Å². The van der Waals surface area contributed by atoms with Gasteiger partial charge in [-0.2, -0.15) is 5.10 Å². The van der Waals surface area contributed by atoms with Crippen molar-refractivity contribution in [2.75, 3.05) is 20.3 Å². The smallest absolute Gasteiger partial charge is 0.164 e. The fourth-order valence-electron chi connectivity index (χ4n) is 1.67. The number of rotatable bonds is 7. The van der Waals surface area contributed by atoms with Gasteiger partial charge in [0.1, 0.15) is 12.1 Å². The lowest BCUT2D eigenvalue weighted by Gasteiger charge is -2.02. The van der Waals surface area contributed by atoms with Crippen LogP contribution in [-0.4, -0.2) is 35.0 Å². The first-order chi connectivity index (χ1) is 9.29.